The number of ether oxygens (including phenoxy) is 7. The van der Waals surface area contributed by atoms with Gasteiger partial charge in [-0.15, -0.1) is 0 Å². The predicted molar refractivity (Wildman–Crippen MR) is 169 cm³/mol. The number of amides is 1. The number of hydrogen-bond donors (Lipinski definition) is 12. The van der Waals surface area contributed by atoms with Crippen LogP contribution in [-0.2, 0) is 33.2 Å². The molecule has 0 bridgehead atoms. The maximum atomic E-state index is 12.3. The molecule has 0 aromatic heterocycles. The maximum Gasteiger partial charge on any atom is 0.407 e. The normalized spacial score (nSPS) is 40.6. The summed E-state index contributed by atoms with van der Waals surface area (Å²) in [5.41, 5.74) is 0. The van der Waals surface area contributed by atoms with Crippen molar-refractivity contribution in [2.24, 2.45) is 0 Å². The Bertz CT molecular complexity index is 1090. The van der Waals surface area contributed by atoms with Crippen LogP contribution in [0.4, 0.5) is 4.79 Å². The van der Waals surface area contributed by atoms with Gasteiger partial charge in [0.2, 0.25) is 3.79 Å². The summed E-state index contributed by atoms with van der Waals surface area (Å²) in [6.45, 7) is -1.92. The van der Waals surface area contributed by atoms with Crippen LogP contribution in [0.15, 0.2) is 12.2 Å². The number of aliphatic hydroxyl groups is 11. The van der Waals surface area contributed by atoms with Crippen LogP contribution in [0.5, 0.6) is 0 Å². The first kappa shape index (κ1) is 44.6. The van der Waals surface area contributed by atoms with Crippen LogP contribution in [0, 0.1) is 0 Å². The molecule has 3 aliphatic heterocycles. The summed E-state index contributed by atoms with van der Waals surface area (Å²) in [7, 11) is 0. The standard InChI is InChI=1S/C28H46Cl3NO19/c1-2-3-4-11(36)10(32-27(44)46-9-28(29,30)31)8-45-24-20(42)17(39)22(13(6-34)48-24)51-26-21(43)18(40)23(14(7-35)49-26)50-25-19(41)16(38)15(37)12(5-33)47-25/h3-4,10-26,33-43H,2,5-9H2,1H3,(H,32,44)/b4-3+/t10-,11+,12?,13?,14?,15-,16-,17+,18+,19-,20-,21-,22+,23-,24?,25?,26?/m0/s1. The zero-order valence-corrected chi connectivity index (χ0v) is 29.3. The van der Waals surface area contributed by atoms with Crippen LogP contribution in [-0.4, -0.2) is 203 Å². The van der Waals surface area contributed by atoms with Gasteiger partial charge in [-0.1, -0.05) is 53.9 Å². The molecule has 0 aromatic rings. The van der Waals surface area contributed by atoms with Crippen LogP contribution >= 0.6 is 34.8 Å². The van der Waals surface area contributed by atoms with Crippen molar-refractivity contribution in [3.63, 3.8) is 0 Å². The number of alkyl halides is 3. The summed E-state index contributed by atoms with van der Waals surface area (Å²) in [5, 5.41) is 116. The molecule has 51 heavy (non-hydrogen) atoms. The van der Waals surface area contributed by atoms with Crippen molar-refractivity contribution in [3.05, 3.63) is 12.2 Å². The van der Waals surface area contributed by atoms with Crippen molar-refractivity contribution < 1.29 is 94.1 Å². The smallest absolute Gasteiger partial charge is 0.407 e. The average molecular weight is 807 g/mol. The second-order valence-electron chi connectivity index (χ2n) is 11.9. The lowest BCUT2D eigenvalue weighted by Gasteiger charge is -2.48. The Kier molecular flexibility index (Phi) is 17.7. The molecule has 0 spiro atoms. The molecule has 298 valence electrons. The van der Waals surface area contributed by atoms with E-state index in [1.807, 2.05) is 0 Å². The Labute approximate surface area is 306 Å². The minimum absolute atomic E-state index is 0.528. The minimum atomic E-state index is -2.01. The van der Waals surface area contributed by atoms with E-state index >= 15 is 0 Å². The molecule has 0 aromatic carbocycles. The van der Waals surface area contributed by atoms with Gasteiger partial charge in [0.05, 0.1) is 38.6 Å². The summed E-state index contributed by atoms with van der Waals surface area (Å²) in [6.07, 6.45) is -25.2. The van der Waals surface area contributed by atoms with Gasteiger partial charge in [0, 0.05) is 0 Å². The fourth-order valence-corrected chi connectivity index (χ4v) is 5.52. The first-order valence-corrected chi connectivity index (χ1v) is 16.9. The Morgan fingerprint density at radius 3 is 1.71 bits per heavy atom. The highest BCUT2D eigenvalue weighted by molar-refractivity contribution is 6.67. The van der Waals surface area contributed by atoms with Gasteiger partial charge >= 0.3 is 6.09 Å². The van der Waals surface area contributed by atoms with Crippen LogP contribution in [0.1, 0.15) is 13.3 Å². The lowest BCUT2D eigenvalue weighted by molar-refractivity contribution is -0.379. The van der Waals surface area contributed by atoms with Crippen molar-refractivity contribution in [1.82, 2.24) is 5.32 Å². The van der Waals surface area contributed by atoms with Crippen LogP contribution in [0.25, 0.3) is 0 Å². The largest absolute Gasteiger partial charge is 0.445 e. The molecule has 23 heteroatoms. The van der Waals surface area contributed by atoms with Gasteiger partial charge in [0.15, 0.2) is 18.9 Å². The third-order valence-corrected chi connectivity index (χ3v) is 8.49. The van der Waals surface area contributed by atoms with E-state index < -0.39 is 147 Å². The van der Waals surface area contributed by atoms with Gasteiger partial charge in [-0.25, -0.2) is 4.79 Å². The van der Waals surface area contributed by atoms with Gasteiger partial charge < -0.3 is 94.6 Å². The van der Waals surface area contributed by atoms with E-state index in [1.165, 1.54) is 6.08 Å². The van der Waals surface area contributed by atoms with Gasteiger partial charge in [-0.2, -0.15) is 0 Å². The molecule has 3 heterocycles. The summed E-state index contributed by atoms with van der Waals surface area (Å²) < 4.78 is 36.0. The Balaban J connectivity index is 1.67. The highest BCUT2D eigenvalue weighted by Crippen LogP contribution is 2.33. The van der Waals surface area contributed by atoms with Crippen molar-refractivity contribution in [2.75, 3.05) is 33.0 Å². The average Bonchev–Trinajstić information content (AvgIpc) is 3.09. The number of allylic oxidation sites excluding steroid dienone is 1. The zero-order chi connectivity index (χ0) is 38.2. The fraction of sp³-hybridized carbons (Fsp3) is 0.893. The molecule has 1 amide bonds. The van der Waals surface area contributed by atoms with E-state index in [2.05, 4.69) is 5.32 Å². The molecule has 0 radical (unpaired) electrons. The highest BCUT2D eigenvalue weighted by Gasteiger charge is 2.53. The number of hydrogen-bond acceptors (Lipinski definition) is 19. The monoisotopic (exact) mass is 805 g/mol. The van der Waals surface area contributed by atoms with E-state index in [9.17, 15) is 61.0 Å². The van der Waals surface area contributed by atoms with Crippen LogP contribution in [0.2, 0.25) is 0 Å². The number of aliphatic hydroxyl groups excluding tert-OH is 11. The Morgan fingerprint density at radius 1 is 0.745 bits per heavy atom. The van der Waals surface area contributed by atoms with E-state index in [0.717, 1.165) is 0 Å². The molecular weight excluding hydrogens is 761 g/mol. The third kappa shape index (κ3) is 11.8. The topological polar surface area (TPSA) is 316 Å². The van der Waals surface area contributed by atoms with Crippen LogP contribution in [0.3, 0.4) is 0 Å². The number of carbonyl (C=O) groups excluding carboxylic acids is 1. The van der Waals surface area contributed by atoms with E-state index in [0.29, 0.717) is 6.42 Å². The molecule has 0 aliphatic carbocycles. The fourth-order valence-electron chi connectivity index (χ4n) is 5.36. The number of halogens is 3. The third-order valence-electron chi connectivity index (χ3n) is 8.16. The number of nitrogens with one attached hydrogen (secondary N) is 1. The molecule has 3 aliphatic rings. The SMILES string of the molecule is CC/C=C/[C@@H](O)[C@H](COC1OC(CO)[C@@H](OC2OC(CO)[C@H](OC3OC(CO)[C@H](O)[C@H](O)[C@@H]3O)[C@H](O)[C@@H]2O)[C@H](O)[C@@H]1O)NC(=O)OCC(Cl)(Cl)Cl. The number of rotatable bonds is 15. The molecule has 3 rings (SSSR count). The van der Waals surface area contributed by atoms with Gasteiger partial charge in [-0.3, -0.25) is 0 Å². The summed E-state index contributed by atoms with van der Waals surface area (Å²) in [4.78, 5) is 12.3. The first-order valence-electron chi connectivity index (χ1n) is 15.8. The molecule has 20 nitrogen and oxygen atoms in total. The lowest BCUT2D eigenvalue weighted by Crippen LogP contribution is -2.66. The second kappa shape index (κ2) is 20.2. The molecule has 12 N–H and O–H groups in total. The van der Waals surface area contributed by atoms with Gasteiger partial charge in [0.25, 0.3) is 0 Å². The Hall–Kier alpha value is -0.800. The molecule has 0 saturated carbocycles. The molecule has 3 fully saturated rings. The number of carbonyl (C=O) groups is 1. The van der Waals surface area contributed by atoms with Crippen molar-refractivity contribution in [2.45, 2.75) is 121 Å². The lowest BCUT2D eigenvalue weighted by atomic mass is 9.96. The highest BCUT2D eigenvalue weighted by atomic mass is 35.6. The summed E-state index contributed by atoms with van der Waals surface area (Å²) in [5.74, 6) is 0. The van der Waals surface area contributed by atoms with Gasteiger partial charge in [-0.05, 0) is 6.42 Å². The zero-order valence-electron chi connectivity index (χ0n) is 27.0. The number of alkyl carbamates (subject to hydrolysis) is 1. The van der Waals surface area contributed by atoms with Gasteiger partial charge in [0.1, 0.15) is 79.9 Å². The molecule has 3 saturated heterocycles. The quantitative estimate of drug-likeness (QED) is 0.0546. The van der Waals surface area contributed by atoms with Crippen molar-refractivity contribution in [1.29, 1.82) is 0 Å². The van der Waals surface area contributed by atoms with E-state index in [1.54, 1.807) is 13.0 Å². The van der Waals surface area contributed by atoms with Crippen LogP contribution < -0.4 is 5.32 Å². The second-order valence-corrected chi connectivity index (χ2v) is 14.4. The van der Waals surface area contributed by atoms with E-state index in [-0.39, 0.29) is 0 Å². The van der Waals surface area contributed by atoms with Crippen molar-refractivity contribution in [3.8, 4) is 0 Å². The molecular formula is C28H46Cl3NO19. The molecule has 6 unspecified atom stereocenters. The minimum Gasteiger partial charge on any atom is -0.445 e. The summed E-state index contributed by atoms with van der Waals surface area (Å²) >= 11 is 16.8. The predicted octanol–water partition coefficient (Wildman–Crippen LogP) is -4.76. The summed E-state index contributed by atoms with van der Waals surface area (Å²) in [6, 6.07) is -1.23. The Morgan fingerprint density at radius 2 is 1.22 bits per heavy atom. The maximum absolute atomic E-state index is 12.3. The molecule has 17 atom stereocenters. The van der Waals surface area contributed by atoms with E-state index in [4.69, 9.17) is 68.0 Å². The first-order chi connectivity index (χ1) is 24.0. The van der Waals surface area contributed by atoms with Crippen molar-refractivity contribution >= 4 is 40.9 Å².